The van der Waals surface area contributed by atoms with Crippen LogP contribution in [0.3, 0.4) is 0 Å². The van der Waals surface area contributed by atoms with Crippen LogP contribution in [0.1, 0.15) is 46.0 Å². The first-order chi connectivity index (χ1) is 20.9. The molecule has 3 aromatic carbocycles. The molecule has 1 aliphatic rings. The number of hydrogen-bond acceptors (Lipinski definition) is 6. The Morgan fingerprint density at radius 1 is 0.884 bits per heavy atom. The molecule has 0 atom stereocenters. The zero-order valence-electron chi connectivity index (χ0n) is 23.5. The van der Waals surface area contributed by atoms with Crippen molar-refractivity contribution in [2.75, 3.05) is 30.3 Å². The number of esters is 1. The lowest BCUT2D eigenvalue weighted by atomic mass is 9.93. The van der Waals surface area contributed by atoms with Gasteiger partial charge in [0, 0.05) is 24.7 Å². The zero-order chi connectivity index (χ0) is 30.3. The van der Waals surface area contributed by atoms with Crippen molar-refractivity contribution < 1.29 is 23.9 Å². The number of nitrogens with zero attached hydrogens (tertiary/aromatic N) is 2. The number of nitrogens with one attached hydrogen (secondary N) is 3. The predicted octanol–water partition coefficient (Wildman–Crippen LogP) is 5.77. The Morgan fingerprint density at radius 3 is 2.28 bits per heavy atom. The number of carbonyl (C=O) groups excluding carboxylic acids is 4. The van der Waals surface area contributed by atoms with Crippen LogP contribution in [0.2, 0.25) is 0 Å². The van der Waals surface area contributed by atoms with Crippen LogP contribution in [0, 0.1) is 11.3 Å². The number of hydrogen-bond donors (Lipinski definition) is 3. The fourth-order valence-electron chi connectivity index (χ4n) is 5.14. The fourth-order valence-corrected chi connectivity index (χ4v) is 5.14. The number of allylic oxidation sites excluding steroid dienone is 1. The second-order valence-electron chi connectivity index (χ2n) is 9.85. The van der Waals surface area contributed by atoms with Crippen LogP contribution < -0.4 is 10.6 Å². The van der Waals surface area contributed by atoms with E-state index in [1.54, 1.807) is 49.4 Å². The van der Waals surface area contributed by atoms with Crippen molar-refractivity contribution in [3.63, 3.8) is 0 Å². The molecule has 3 N–H and O–H groups in total. The molecular weight excluding hydrogens is 546 g/mol. The zero-order valence-corrected chi connectivity index (χ0v) is 23.5. The monoisotopic (exact) mass is 575 g/mol. The summed E-state index contributed by atoms with van der Waals surface area (Å²) < 4.78 is 5.06. The molecule has 43 heavy (non-hydrogen) atoms. The molecule has 1 fully saturated rings. The minimum Gasteiger partial charge on any atom is -0.462 e. The van der Waals surface area contributed by atoms with Crippen LogP contribution in [0.15, 0.2) is 84.6 Å². The van der Waals surface area contributed by atoms with E-state index in [4.69, 9.17) is 4.74 Å². The summed E-state index contributed by atoms with van der Waals surface area (Å²) in [4.78, 5) is 56.2. The van der Waals surface area contributed by atoms with E-state index in [9.17, 15) is 24.4 Å². The Bertz CT molecular complexity index is 1770. The molecule has 10 heteroatoms. The summed E-state index contributed by atoms with van der Waals surface area (Å²) in [6.45, 7) is 2.56. The van der Waals surface area contributed by atoms with Gasteiger partial charge in [-0.15, -0.1) is 0 Å². The van der Waals surface area contributed by atoms with Gasteiger partial charge in [0.2, 0.25) is 0 Å². The average molecular weight is 576 g/mol. The van der Waals surface area contributed by atoms with Crippen LogP contribution in [-0.2, 0) is 9.53 Å². The van der Waals surface area contributed by atoms with E-state index in [0.29, 0.717) is 48.1 Å². The third-order valence-corrected chi connectivity index (χ3v) is 7.26. The first-order valence-corrected chi connectivity index (χ1v) is 13.9. The highest BCUT2D eigenvalue weighted by atomic mass is 16.5. The van der Waals surface area contributed by atoms with Crippen molar-refractivity contribution >= 4 is 51.5 Å². The molecule has 0 spiro atoms. The topological polar surface area (TPSA) is 144 Å². The number of H-pyrrole nitrogens is 1. The molecule has 0 bridgehead atoms. The van der Waals surface area contributed by atoms with E-state index in [1.807, 2.05) is 30.3 Å². The molecule has 1 saturated heterocycles. The first kappa shape index (κ1) is 28.8. The number of ether oxygens (including phenoxy) is 1. The predicted molar refractivity (Wildman–Crippen MR) is 162 cm³/mol. The number of Topliss-reactive ketones (excluding diaryl/α,β-unsaturated/α-hetero) is 1. The van der Waals surface area contributed by atoms with Crippen molar-refractivity contribution in [1.82, 2.24) is 9.88 Å². The van der Waals surface area contributed by atoms with Gasteiger partial charge in [0.25, 0.3) is 11.7 Å². The number of likely N-dealkylation sites (tertiary alicyclic amines) is 1. The van der Waals surface area contributed by atoms with Gasteiger partial charge < -0.3 is 25.3 Å². The number of benzene rings is 3. The van der Waals surface area contributed by atoms with Crippen molar-refractivity contribution in [1.29, 1.82) is 5.26 Å². The second kappa shape index (κ2) is 12.9. The molecular formula is C33H29N5O5. The van der Waals surface area contributed by atoms with Crippen LogP contribution in [0.4, 0.5) is 16.2 Å². The number of para-hydroxylation sites is 2. The smallest absolute Gasteiger partial charge is 0.340 e. The van der Waals surface area contributed by atoms with Crippen LogP contribution in [0.25, 0.3) is 16.5 Å². The van der Waals surface area contributed by atoms with E-state index in [1.165, 1.54) is 11.1 Å². The van der Waals surface area contributed by atoms with Crippen LogP contribution in [-0.4, -0.2) is 53.3 Å². The Kier molecular flexibility index (Phi) is 8.63. The quantitative estimate of drug-likeness (QED) is 0.110. The Morgan fingerprint density at radius 2 is 1.56 bits per heavy atom. The number of rotatable bonds is 7. The number of piperidine rings is 1. The maximum Gasteiger partial charge on any atom is 0.340 e. The van der Waals surface area contributed by atoms with Crippen molar-refractivity contribution in [3.8, 4) is 6.07 Å². The fraction of sp³-hybridized carbons (Fsp3) is 0.182. The third kappa shape index (κ3) is 6.16. The summed E-state index contributed by atoms with van der Waals surface area (Å²) in [5.41, 5.74) is 3.97. The summed E-state index contributed by atoms with van der Waals surface area (Å²) in [5, 5.41) is 15.6. The molecule has 10 nitrogen and oxygen atoms in total. The van der Waals surface area contributed by atoms with Gasteiger partial charge in [0.05, 0.1) is 46.3 Å². The Hall–Kier alpha value is -5.69. The molecule has 5 rings (SSSR count). The first-order valence-electron chi connectivity index (χ1n) is 13.9. The van der Waals surface area contributed by atoms with Gasteiger partial charge in [-0.25, -0.2) is 9.59 Å². The molecule has 0 saturated carbocycles. The number of fused-ring (bicyclic) bond motifs is 1. The van der Waals surface area contributed by atoms with Gasteiger partial charge in [0.1, 0.15) is 0 Å². The SMILES string of the molecule is CCOC(=O)c1ccccc1NC(=O)Nc1cccc2c(C(=O)C(=O)N3CCC(=C(C#N)c4ccccc4)CC3)c[nH]c12. The number of nitriles is 1. The number of ketones is 1. The molecule has 1 aliphatic heterocycles. The lowest BCUT2D eigenvalue weighted by molar-refractivity contribution is -0.126. The molecule has 3 amide bonds. The van der Waals surface area contributed by atoms with Gasteiger partial charge in [0.15, 0.2) is 0 Å². The summed E-state index contributed by atoms with van der Waals surface area (Å²) in [6, 6.07) is 22.6. The standard InChI is InChI=1S/C33H29N5O5/c1-2-43-32(41)24-11-6-7-13-27(24)36-33(42)37-28-14-8-12-23-26(20-35-29(23)28)30(39)31(40)38-17-15-22(16-18-38)25(19-34)21-9-4-3-5-10-21/h3-14,20,35H,2,15-18H2,1H3,(H2,36,37,42). The van der Waals surface area contributed by atoms with Gasteiger partial charge in [-0.3, -0.25) is 9.59 Å². The average Bonchev–Trinajstić information content (AvgIpc) is 3.47. The van der Waals surface area contributed by atoms with Crippen LogP contribution in [0.5, 0.6) is 0 Å². The normalized spacial score (nSPS) is 12.7. The van der Waals surface area contributed by atoms with E-state index < -0.39 is 23.7 Å². The van der Waals surface area contributed by atoms with Crippen molar-refractivity contribution in [2.24, 2.45) is 0 Å². The number of aromatic nitrogens is 1. The van der Waals surface area contributed by atoms with Gasteiger partial charge in [-0.1, -0.05) is 54.6 Å². The third-order valence-electron chi connectivity index (χ3n) is 7.26. The summed E-state index contributed by atoms with van der Waals surface area (Å²) in [5.74, 6) is -1.84. The lowest BCUT2D eigenvalue weighted by Gasteiger charge is -2.28. The number of urea groups is 1. The number of carbonyl (C=O) groups is 4. The van der Waals surface area contributed by atoms with Gasteiger partial charge in [-0.05, 0) is 49.1 Å². The minimum absolute atomic E-state index is 0.194. The van der Waals surface area contributed by atoms with E-state index >= 15 is 0 Å². The Balaban J connectivity index is 1.28. The Labute approximate surface area is 247 Å². The second-order valence-corrected chi connectivity index (χ2v) is 9.85. The number of anilines is 2. The van der Waals surface area contributed by atoms with Gasteiger partial charge in [-0.2, -0.15) is 5.26 Å². The number of aromatic amines is 1. The lowest BCUT2D eigenvalue weighted by Crippen LogP contribution is -2.40. The molecule has 0 aliphatic carbocycles. The summed E-state index contributed by atoms with van der Waals surface area (Å²) in [6.07, 6.45) is 2.48. The summed E-state index contributed by atoms with van der Waals surface area (Å²) >= 11 is 0. The molecule has 4 aromatic rings. The maximum atomic E-state index is 13.3. The summed E-state index contributed by atoms with van der Waals surface area (Å²) in [7, 11) is 0. The number of amides is 3. The van der Waals surface area contributed by atoms with Crippen molar-refractivity contribution in [3.05, 3.63) is 101 Å². The van der Waals surface area contributed by atoms with Crippen LogP contribution >= 0.6 is 0 Å². The molecule has 2 heterocycles. The minimum atomic E-state index is -0.660. The molecule has 0 unspecified atom stereocenters. The van der Waals surface area contributed by atoms with Gasteiger partial charge >= 0.3 is 12.0 Å². The van der Waals surface area contributed by atoms with E-state index in [0.717, 1.165) is 11.1 Å². The van der Waals surface area contributed by atoms with E-state index in [-0.39, 0.29) is 23.4 Å². The highest BCUT2D eigenvalue weighted by Crippen LogP contribution is 2.29. The highest BCUT2D eigenvalue weighted by Gasteiger charge is 2.29. The highest BCUT2D eigenvalue weighted by molar-refractivity contribution is 6.45. The van der Waals surface area contributed by atoms with Crippen molar-refractivity contribution in [2.45, 2.75) is 19.8 Å². The van der Waals surface area contributed by atoms with E-state index in [2.05, 4.69) is 21.7 Å². The molecule has 0 radical (unpaired) electrons. The molecule has 1 aromatic heterocycles. The maximum absolute atomic E-state index is 13.3. The largest absolute Gasteiger partial charge is 0.462 e. The molecule has 216 valence electrons.